The molecular weight excluding hydrogens is 258 g/mol. The molecule has 5 atom stereocenters. The van der Waals surface area contributed by atoms with Crippen LogP contribution in [-0.4, -0.2) is 36.2 Å². The fourth-order valence-electron chi connectivity index (χ4n) is 3.70. The monoisotopic (exact) mass is 283 g/mol. The molecule has 2 N–H and O–H groups in total. The van der Waals surface area contributed by atoms with Gasteiger partial charge in [-0.15, -0.1) is 0 Å². The van der Waals surface area contributed by atoms with Crippen molar-refractivity contribution in [2.75, 3.05) is 7.11 Å². The summed E-state index contributed by atoms with van der Waals surface area (Å²) < 4.78 is 5.37. The normalized spacial score (nSPS) is 37.0. The lowest BCUT2D eigenvalue weighted by molar-refractivity contribution is -0.146. The van der Waals surface area contributed by atoms with Gasteiger partial charge in [0.2, 0.25) is 5.91 Å². The van der Waals surface area contributed by atoms with Gasteiger partial charge < -0.3 is 15.2 Å². The molecule has 2 aliphatic carbocycles. The Hall–Kier alpha value is -1.10. The number of carboxylic acids is 1. The molecule has 114 valence electrons. The van der Waals surface area contributed by atoms with Crippen LogP contribution >= 0.6 is 0 Å². The highest BCUT2D eigenvalue weighted by Gasteiger charge is 2.43. The van der Waals surface area contributed by atoms with Gasteiger partial charge in [0.1, 0.15) is 0 Å². The predicted octanol–water partition coefficient (Wildman–Crippen LogP) is 1.81. The highest BCUT2D eigenvalue weighted by molar-refractivity contribution is 5.85. The minimum absolute atomic E-state index is 0.0441. The van der Waals surface area contributed by atoms with Crippen molar-refractivity contribution < 1.29 is 19.4 Å². The van der Waals surface area contributed by atoms with E-state index in [9.17, 15) is 14.7 Å². The maximum Gasteiger partial charge on any atom is 0.307 e. The van der Waals surface area contributed by atoms with Crippen molar-refractivity contribution in [1.82, 2.24) is 5.32 Å². The Labute approximate surface area is 120 Å². The molecule has 0 heterocycles. The van der Waals surface area contributed by atoms with Crippen molar-refractivity contribution in [2.45, 2.75) is 57.6 Å². The van der Waals surface area contributed by atoms with Crippen LogP contribution in [0.1, 0.15) is 45.4 Å². The van der Waals surface area contributed by atoms with Gasteiger partial charge in [-0.3, -0.25) is 9.59 Å². The predicted molar refractivity (Wildman–Crippen MR) is 74.2 cm³/mol. The summed E-state index contributed by atoms with van der Waals surface area (Å²) in [5.74, 6) is -1.48. The van der Waals surface area contributed by atoms with Gasteiger partial charge in [-0.2, -0.15) is 0 Å². The fraction of sp³-hybridized carbons (Fsp3) is 0.867. The smallest absolute Gasteiger partial charge is 0.307 e. The van der Waals surface area contributed by atoms with E-state index in [-0.39, 0.29) is 24.0 Å². The number of amides is 1. The molecule has 2 rings (SSSR count). The number of hydrogen-bond acceptors (Lipinski definition) is 3. The number of ether oxygens (including phenoxy) is 1. The molecule has 0 radical (unpaired) electrons. The average Bonchev–Trinajstić information content (AvgIpc) is 3.04. The van der Waals surface area contributed by atoms with Gasteiger partial charge >= 0.3 is 5.97 Å². The van der Waals surface area contributed by atoms with Crippen LogP contribution in [0, 0.1) is 17.8 Å². The van der Waals surface area contributed by atoms with Crippen LogP contribution in [0.4, 0.5) is 0 Å². The number of hydrogen-bond donors (Lipinski definition) is 2. The number of carboxylic acid groups (broad SMARTS) is 1. The lowest BCUT2D eigenvalue weighted by atomic mass is 9.95. The third-order valence-electron chi connectivity index (χ3n) is 4.97. The molecule has 5 heteroatoms. The molecule has 0 aromatic carbocycles. The number of nitrogens with one attached hydrogen (secondary N) is 1. The molecule has 0 aromatic heterocycles. The van der Waals surface area contributed by atoms with Crippen molar-refractivity contribution in [3.05, 3.63) is 0 Å². The Bertz CT molecular complexity index is 371. The lowest BCUT2D eigenvalue weighted by Gasteiger charge is -2.23. The highest BCUT2D eigenvalue weighted by atomic mass is 16.5. The maximum atomic E-state index is 12.4. The Balaban J connectivity index is 1.98. The van der Waals surface area contributed by atoms with E-state index in [1.165, 1.54) is 0 Å². The highest BCUT2D eigenvalue weighted by Crippen LogP contribution is 2.38. The standard InChI is InChI=1S/C15H25NO4/c1-3-9-7-10(11(8-9)15(18)19)14(17)16-12-5-4-6-13(12)20-2/h9-13H,3-8H2,1-2H3,(H,16,17)(H,18,19). The minimum atomic E-state index is -0.837. The zero-order valence-corrected chi connectivity index (χ0v) is 12.3. The summed E-state index contributed by atoms with van der Waals surface area (Å²) in [5.41, 5.74) is 0. The van der Waals surface area contributed by atoms with Gasteiger partial charge in [0, 0.05) is 7.11 Å². The van der Waals surface area contributed by atoms with Crippen LogP contribution in [0.5, 0.6) is 0 Å². The molecule has 0 aromatic rings. The second-order valence-electron chi connectivity index (χ2n) is 6.12. The number of methoxy groups -OCH3 is 1. The lowest BCUT2D eigenvalue weighted by Crippen LogP contribution is -2.45. The fourth-order valence-corrected chi connectivity index (χ4v) is 3.70. The largest absolute Gasteiger partial charge is 0.481 e. The van der Waals surface area contributed by atoms with Gasteiger partial charge in [0.15, 0.2) is 0 Å². The summed E-state index contributed by atoms with van der Waals surface area (Å²) in [7, 11) is 1.66. The van der Waals surface area contributed by atoms with E-state index in [4.69, 9.17) is 4.74 Å². The van der Waals surface area contributed by atoms with Gasteiger partial charge in [-0.25, -0.2) is 0 Å². The Kier molecular flexibility index (Phi) is 5.02. The third kappa shape index (κ3) is 3.14. The molecule has 2 saturated carbocycles. The number of rotatable bonds is 5. The van der Waals surface area contributed by atoms with E-state index in [2.05, 4.69) is 12.2 Å². The van der Waals surface area contributed by atoms with Crippen LogP contribution < -0.4 is 5.32 Å². The van der Waals surface area contributed by atoms with Crippen molar-refractivity contribution in [3.8, 4) is 0 Å². The Morgan fingerprint density at radius 1 is 1.25 bits per heavy atom. The summed E-state index contributed by atoms with van der Waals surface area (Å²) in [6.07, 6.45) is 5.28. The molecule has 20 heavy (non-hydrogen) atoms. The minimum Gasteiger partial charge on any atom is -0.481 e. The van der Waals surface area contributed by atoms with Gasteiger partial charge in [0.05, 0.1) is 24.0 Å². The van der Waals surface area contributed by atoms with Gasteiger partial charge in [-0.05, 0) is 38.0 Å². The second kappa shape index (κ2) is 6.57. The first-order chi connectivity index (χ1) is 9.56. The molecule has 2 fully saturated rings. The van der Waals surface area contributed by atoms with Crippen LogP contribution in [0.25, 0.3) is 0 Å². The molecular formula is C15H25NO4. The third-order valence-corrected chi connectivity index (χ3v) is 4.97. The van der Waals surface area contributed by atoms with Gasteiger partial charge in [0.25, 0.3) is 0 Å². The summed E-state index contributed by atoms with van der Waals surface area (Å²) in [4.78, 5) is 23.7. The van der Waals surface area contributed by atoms with Crippen LogP contribution in [0.3, 0.4) is 0 Å². The first-order valence-electron chi connectivity index (χ1n) is 7.62. The van der Waals surface area contributed by atoms with Gasteiger partial charge in [-0.1, -0.05) is 13.3 Å². The number of carbonyl (C=O) groups excluding carboxylic acids is 1. The van der Waals surface area contributed by atoms with Crippen molar-refractivity contribution in [1.29, 1.82) is 0 Å². The van der Waals surface area contributed by atoms with Crippen LogP contribution in [-0.2, 0) is 14.3 Å². The van der Waals surface area contributed by atoms with E-state index >= 15 is 0 Å². The molecule has 0 saturated heterocycles. The van der Waals surface area contributed by atoms with Crippen molar-refractivity contribution in [3.63, 3.8) is 0 Å². The Morgan fingerprint density at radius 3 is 2.55 bits per heavy atom. The molecule has 2 aliphatic rings. The molecule has 5 unspecified atom stereocenters. The van der Waals surface area contributed by atoms with E-state index in [1.54, 1.807) is 7.11 Å². The van der Waals surface area contributed by atoms with E-state index in [1.807, 2.05) is 0 Å². The van der Waals surface area contributed by atoms with E-state index in [0.29, 0.717) is 18.8 Å². The molecule has 5 nitrogen and oxygen atoms in total. The molecule has 0 spiro atoms. The van der Waals surface area contributed by atoms with Crippen molar-refractivity contribution >= 4 is 11.9 Å². The van der Waals surface area contributed by atoms with E-state index < -0.39 is 11.9 Å². The quantitative estimate of drug-likeness (QED) is 0.807. The molecule has 0 aliphatic heterocycles. The topological polar surface area (TPSA) is 75.6 Å². The summed E-state index contributed by atoms with van der Waals surface area (Å²) in [6.45, 7) is 2.06. The zero-order chi connectivity index (χ0) is 14.7. The first-order valence-corrected chi connectivity index (χ1v) is 7.62. The summed E-state index contributed by atoms with van der Waals surface area (Å²) in [5, 5.41) is 12.3. The zero-order valence-electron chi connectivity index (χ0n) is 12.3. The SMILES string of the molecule is CCC1CC(C(=O)O)C(C(=O)NC2CCCC2OC)C1. The maximum absolute atomic E-state index is 12.4. The van der Waals surface area contributed by atoms with E-state index in [0.717, 1.165) is 25.7 Å². The molecule has 1 amide bonds. The first kappa shape index (κ1) is 15.3. The average molecular weight is 283 g/mol. The van der Waals surface area contributed by atoms with Crippen molar-refractivity contribution in [2.24, 2.45) is 17.8 Å². The Morgan fingerprint density at radius 2 is 1.95 bits per heavy atom. The second-order valence-corrected chi connectivity index (χ2v) is 6.12. The molecule has 0 bridgehead atoms. The summed E-state index contributed by atoms with van der Waals surface area (Å²) in [6, 6.07) is 0.0441. The summed E-state index contributed by atoms with van der Waals surface area (Å²) >= 11 is 0. The van der Waals surface area contributed by atoms with Crippen LogP contribution in [0.15, 0.2) is 0 Å². The number of aliphatic carboxylic acids is 1. The van der Waals surface area contributed by atoms with Crippen LogP contribution in [0.2, 0.25) is 0 Å². The number of carbonyl (C=O) groups is 2.